The molecule has 1 amide bonds. The molecule has 0 aromatic heterocycles. The molecule has 1 unspecified atom stereocenters. The Kier molecular flexibility index (Phi) is 8.63. The van der Waals surface area contributed by atoms with Crippen LogP contribution >= 0.6 is 11.8 Å². The van der Waals surface area contributed by atoms with Crippen LogP contribution in [0.4, 0.5) is 5.69 Å². The number of hydrogen-bond donors (Lipinski definition) is 1. The van der Waals surface area contributed by atoms with E-state index in [2.05, 4.69) is 5.32 Å². The average molecular weight is 499 g/mol. The Bertz CT molecular complexity index is 1190. The highest BCUT2D eigenvalue weighted by Gasteiger charge is 2.18. The molecule has 34 heavy (non-hydrogen) atoms. The van der Waals surface area contributed by atoms with Crippen molar-refractivity contribution in [2.24, 2.45) is 0 Å². The molecular weight excluding hydrogens is 468 g/mol. The molecule has 180 valence electrons. The number of nitrogens with zero attached hydrogens (tertiary/aromatic N) is 1. The van der Waals surface area contributed by atoms with Gasteiger partial charge in [0.15, 0.2) is 6.61 Å². The highest BCUT2D eigenvalue weighted by atomic mass is 32.2. The van der Waals surface area contributed by atoms with Gasteiger partial charge in [0.2, 0.25) is 10.0 Å². The number of ether oxygens (including phenoxy) is 1. The Morgan fingerprint density at radius 2 is 1.62 bits per heavy atom. The smallest absolute Gasteiger partial charge is 0.258 e. The standard InChI is InChI=1S/C26H30N2O4S2/c1-19-5-7-21(8-6-19)17-28(34(4,30)31)23-11-13-24(14-12-23)32-18-26(29)27-20(2)22-9-15-25(33-3)16-10-22/h5-16,20H,17-18H2,1-4H3,(H,27,29). The van der Waals surface area contributed by atoms with Crippen LogP contribution in [0.15, 0.2) is 77.7 Å². The SMILES string of the molecule is CSc1ccc(C(C)NC(=O)COc2ccc(N(Cc3ccc(C)cc3)S(C)(=O)=O)cc2)cc1. The molecule has 0 saturated heterocycles. The third kappa shape index (κ3) is 7.27. The molecule has 0 fully saturated rings. The molecule has 0 saturated carbocycles. The maximum absolute atomic E-state index is 12.4. The van der Waals surface area contributed by atoms with Crippen molar-refractivity contribution in [2.75, 3.05) is 23.4 Å². The van der Waals surface area contributed by atoms with Gasteiger partial charge in [-0.2, -0.15) is 0 Å². The van der Waals surface area contributed by atoms with E-state index in [0.717, 1.165) is 16.7 Å². The minimum atomic E-state index is -3.48. The average Bonchev–Trinajstić information content (AvgIpc) is 2.82. The molecule has 3 aromatic rings. The lowest BCUT2D eigenvalue weighted by Crippen LogP contribution is -2.31. The van der Waals surface area contributed by atoms with Crippen LogP contribution in [0.1, 0.15) is 29.7 Å². The fourth-order valence-corrected chi connectivity index (χ4v) is 4.67. The van der Waals surface area contributed by atoms with Crippen LogP contribution in [-0.4, -0.2) is 33.4 Å². The number of amides is 1. The molecule has 0 spiro atoms. The molecule has 0 aliphatic heterocycles. The van der Waals surface area contributed by atoms with Gasteiger partial charge in [-0.25, -0.2) is 8.42 Å². The van der Waals surface area contributed by atoms with Crippen LogP contribution in [-0.2, 0) is 21.4 Å². The molecule has 1 N–H and O–H groups in total. The molecule has 1 atom stereocenters. The van der Waals surface area contributed by atoms with Crippen molar-refractivity contribution in [3.05, 3.63) is 89.5 Å². The van der Waals surface area contributed by atoms with E-state index in [-0.39, 0.29) is 25.1 Å². The van der Waals surface area contributed by atoms with Crippen molar-refractivity contribution in [2.45, 2.75) is 31.3 Å². The topological polar surface area (TPSA) is 75.7 Å². The number of hydrogen-bond acceptors (Lipinski definition) is 5. The minimum Gasteiger partial charge on any atom is -0.484 e. The fourth-order valence-electron chi connectivity index (χ4n) is 3.38. The largest absolute Gasteiger partial charge is 0.484 e. The van der Waals surface area contributed by atoms with Crippen molar-refractivity contribution in [1.29, 1.82) is 0 Å². The van der Waals surface area contributed by atoms with E-state index < -0.39 is 10.0 Å². The lowest BCUT2D eigenvalue weighted by Gasteiger charge is -2.23. The van der Waals surface area contributed by atoms with Gasteiger partial charge in [0, 0.05) is 4.90 Å². The molecule has 0 aliphatic carbocycles. The van der Waals surface area contributed by atoms with E-state index in [1.54, 1.807) is 36.0 Å². The summed E-state index contributed by atoms with van der Waals surface area (Å²) in [5.41, 5.74) is 3.56. The summed E-state index contributed by atoms with van der Waals surface area (Å²) in [5.74, 6) is 0.252. The van der Waals surface area contributed by atoms with Crippen LogP contribution in [0.3, 0.4) is 0 Å². The molecular formula is C26H30N2O4S2. The van der Waals surface area contributed by atoms with Crippen LogP contribution < -0.4 is 14.4 Å². The van der Waals surface area contributed by atoms with Gasteiger partial charge in [0.05, 0.1) is 24.5 Å². The fraction of sp³-hybridized carbons (Fsp3) is 0.269. The summed E-state index contributed by atoms with van der Waals surface area (Å²) in [4.78, 5) is 13.5. The summed E-state index contributed by atoms with van der Waals surface area (Å²) in [5, 5.41) is 2.93. The summed E-state index contributed by atoms with van der Waals surface area (Å²) in [7, 11) is -3.48. The number of sulfonamides is 1. The molecule has 6 nitrogen and oxygen atoms in total. The van der Waals surface area contributed by atoms with Crippen LogP contribution in [0.25, 0.3) is 0 Å². The van der Waals surface area contributed by atoms with Crippen molar-refractivity contribution in [3.8, 4) is 5.75 Å². The predicted octanol–water partition coefficient (Wildman–Crippen LogP) is 4.94. The Balaban J connectivity index is 1.59. The Hall–Kier alpha value is -2.97. The number of thioether (sulfide) groups is 1. The number of nitrogens with one attached hydrogen (secondary N) is 1. The van der Waals surface area contributed by atoms with E-state index in [0.29, 0.717) is 11.4 Å². The molecule has 3 rings (SSSR count). The first-order valence-corrected chi connectivity index (χ1v) is 13.9. The number of anilines is 1. The number of rotatable bonds is 10. The summed E-state index contributed by atoms with van der Waals surface area (Å²) < 4.78 is 31.8. The van der Waals surface area contributed by atoms with E-state index >= 15 is 0 Å². The van der Waals surface area contributed by atoms with Crippen LogP contribution in [0.5, 0.6) is 5.75 Å². The highest BCUT2D eigenvalue weighted by Crippen LogP contribution is 2.24. The first-order valence-electron chi connectivity index (χ1n) is 10.8. The quantitative estimate of drug-likeness (QED) is 0.401. The summed E-state index contributed by atoms with van der Waals surface area (Å²) in [6, 6.07) is 22.4. The van der Waals surface area contributed by atoms with Gasteiger partial charge in [-0.05, 0) is 67.6 Å². The lowest BCUT2D eigenvalue weighted by molar-refractivity contribution is -0.123. The van der Waals surface area contributed by atoms with Crippen molar-refractivity contribution in [3.63, 3.8) is 0 Å². The highest BCUT2D eigenvalue weighted by molar-refractivity contribution is 7.98. The Labute approximate surface area is 206 Å². The monoisotopic (exact) mass is 498 g/mol. The molecule has 0 aliphatic rings. The first-order chi connectivity index (χ1) is 16.2. The molecule has 0 heterocycles. The second kappa shape index (κ2) is 11.4. The van der Waals surface area contributed by atoms with Gasteiger partial charge in [-0.1, -0.05) is 42.0 Å². The van der Waals surface area contributed by atoms with Gasteiger partial charge in [0.25, 0.3) is 5.91 Å². The van der Waals surface area contributed by atoms with E-state index in [9.17, 15) is 13.2 Å². The van der Waals surface area contributed by atoms with Gasteiger partial charge >= 0.3 is 0 Å². The summed E-state index contributed by atoms with van der Waals surface area (Å²) in [6.45, 7) is 4.01. The van der Waals surface area contributed by atoms with Crippen LogP contribution in [0.2, 0.25) is 0 Å². The number of carbonyl (C=O) groups excluding carboxylic acids is 1. The number of carbonyl (C=O) groups is 1. The Morgan fingerprint density at radius 3 is 2.18 bits per heavy atom. The second-order valence-corrected chi connectivity index (χ2v) is 10.9. The lowest BCUT2D eigenvalue weighted by atomic mass is 10.1. The van der Waals surface area contributed by atoms with Gasteiger partial charge in [-0.15, -0.1) is 11.8 Å². The van der Waals surface area contributed by atoms with Crippen molar-refractivity contribution >= 4 is 33.4 Å². The molecule has 0 bridgehead atoms. The maximum Gasteiger partial charge on any atom is 0.258 e. The van der Waals surface area contributed by atoms with Crippen molar-refractivity contribution in [1.82, 2.24) is 5.32 Å². The van der Waals surface area contributed by atoms with E-state index in [4.69, 9.17) is 4.74 Å². The first kappa shape index (κ1) is 25.6. The predicted molar refractivity (Wildman–Crippen MR) is 139 cm³/mol. The molecule has 0 radical (unpaired) electrons. The van der Waals surface area contributed by atoms with Crippen molar-refractivity contribution < 1.29 is 17.9 Å². The van der Waals surface area contributed by atoms with Gasteiger partial charge < -0.3 is 10.1 Å². The van der Waals surface area contributed by atoms with E-state index in [1.165, 1.54) is 15.5 Å². The zero-order valence-corrected chi connectivity index (χ0v) is 21.4. The zero-order valence-electron chi connectivity index (χ0n) is 19.8. The second-order valence-electron chi connectivity index (χ2n) is 8.10. The molecule has 8 heteroatoms. The van der Waals surface area contributed by atoms with Gasteiger partial charge in [-0.3, -0.25) is 9.10 Å². The summed E-state index contributed by atoms with van der Waals surface area (Å²) in [6.07, 6.45) is 3.21. The maximum atomic E-state index is 12.4. The Morgan fingerprint density at radius 1 is 1.00 bits per heavy atom. The third-order valence-corrected chi connectivity index (χ3v) is 7.22. The normalized spacial score (nSPS) is 12.1. The van der Waals surface area contributed by atoms with Crippen LogP contribution in [0, 0.1) is 6.92 Å². The zero-order chi connectivity index (χ0) is 24.7. The number of benzene rings is 3. The number of aryl methyl sites for hydroxylation is 1. The molecule has 3 aromatic carbocycles. The summed E-state index contributed by atoms with van der Waals surface area (Å²) >= 11 is 1.67. The third-order valence-electron chi connectivity index (χ3n) is 5.34. The van der Waals surface area contributed by atoms with E-state index in [1.807, 2.05) is 68.6 Å². The van der Waals surface area contributed by atoms with Gasteiger partial charge in [0.1, 0.15) is 5.75 Å². The minimum absolute atomic E-state index is 0.133.